The number of benzene rings is 2. The van der Waals surface area contributed by atoms with Gasteiger partial charge in [-0.1, -0.05) is 12.1 Å². The Hall–Kier alpha value is -3.35. The molecule has 36 heavy (non-hydrogen) atoms. The maximum atomic E-state index is 13.0. The monoisotopic (exact) mass is 492 g/mol. The molecule has 4 rings (SSSR count). The third-order valence-electron chi connectivity index (χ3n) is 7.41. The number of nitrogens with zero attached hydrogens (tertiary/aromatic N) is 2. The van der Waals surface area contributed by atoms with Crippen LogP contribution >= 0.6 is 0 Å². The average Bonchev–Trinajstić information content (AvgIpc) is 3.76. The number of hydrogen-bond acceptors (Lipinski definition) is 5. The zero-order chi connectivity index (χ0) is 25.7. The number of hydrogen-bond donors (Lipinski definition) is 0. The van der Waals surface area contributed by atoms with Crippen LogP contribution in [0.1, 0.15) is 48.5 Å². The fourth-order valence-corrected chi connectivity index (χ4v) is 5.00. The first-order chi connectivity index (χ1) is 17.4. The number of carbonyl (C=O) groups is 3. The zero-order valence-electron chi connectivity index (χ0n) is 21.4. The van der Waals surface area contributed by atoms with E-state index in [0.717, 1.165) is 43.4 Å². The van der Waals surface area contributed by atoms with Gasteiger partial charge in [-0.15, -0.1) is 0 Å². The molecule has 1 atom stereocenters. The van der Waals surface area contributed by atoms with Gasteiger partial charge in [-0.25, -0.2) is 0 Å². The molecule has 2 fully saturated rings. The molecule has 7 nitrogen and oxygen atoms in total. The molecule has 0 radical (unpaired) electrons. The van der Waals surface area contributed by atoms with Gasteiger partial charge in [-0.3, -0.25) is 14.4 Å². The van der Waals surface area contributed by atoms with Gasteiger partial charge in [-0.05, 0) is 86.9 Å². The Morgan fingerprint density at radius 1 is 1.00 bits per heavy atom. The number of likely N-dealkylation sites (tertiary alicyclic amines) is 1. The molecule has 0 bridgehead atoms. The van der Waals surface area contributed by atoms with Crippen LogP contribution in [0.2, 0.25) is 0 Å². The van der Waals surface area contributed by atoms with Gasteiger partial charge in [0.2, 0.25) is 5.91 Å². The molecule has 7 heteroatoms. The lowest BCUT2D eigenvalue weighted by molar-refractivity contribution is -0.138. The van der Waals surface area contributed by atoms with E-state index in [0.29, 0.717) is 30.3 Å². The maximum absolute atomic E-state index is 13.0. The predicted octanol–water partition coefficient (Wildman–Crippen LogP) is 3.99. The van der Waals surface area contributed by atoms with E-state index >= 15 is 0 Å². The zero-order valence-corrected chi connectivity index (χ0v) is 21.4. The highest BCUT2D eigenvalue weighted by Gasteiger charge is 2.38. The Bertz CT molecular complexity index is 1070. The van der Waals surface area contributed by atoms with E-state index in [-0.39, 0.29) is 36.2 Å². The molecule has 0 aromatic heterocycles. The lowest BCUT2D eigenvalue weighted by Gasteiger charge is -2.40. The van der Waals surface area contributed by atoms with Crippen molar-refractivity contribution in [1.82, 2.24) is 9.80 Å². The number of carbonyl (C=O) groups excluding carboxylic acids is 3. The van der Waals surface area contributed by atoms with Gasteiger partial charge in [0.1, 0.15) is 11.5 Å². The quantitative estimate of drug-likeness (QED) is 0.469. The molecule has 2 aliphatic rings. The van der Waals surface area contributed by atoms with Crippen LogP contribution in [0.15, 0.2) is 48.5 Å². The summed E-state index contributed by atoms with van der Waals surface area (Å²) in [6.07, 6.45) is 4.43. The molecule has 1 aliphatic carbocycles. The predicted molar refractivity (Wildman–Crippen MR) is 137 cm³/mol. The van der Waals surface area contributed by atoms with Crippen molar-refractivity contribution in [2.75, 3.05) is 33.9 Å². The van der Waals surface area contributed by atoms with Crippen molar-refractivity contribution in [2.24, 2.45) is 11.8 Å². The van der Waals surface area contributed by atoms with Gasteiger partial charge in [0.05, 0.1) is 7.11 Å². The maximum Gasteiger partial charge on any atom is 0.260 e. The van der Waals surface area contributed by atoms with E-state index in [4.69, 9.17) is 9.47 Å². The summed E-state index contributed by atoms with van der Waals surface area (Å²) in [6, 6.07) is 15.0. The van der Waals surface area contributed by atoms with Gasteiger partial charge in [-0.2, -0.15) is 0 Å². The summed E-state index contributed by atoms with van der Waals surface area (Å²) in [7, 11) is 3.60. The van der Waals surface area contributed by atoms with Crippen molar-refractivity contribution in [1.29, 1.82) is 0 Å². The van der Waals surface area contributed by atoms with Gasteiger partial charge in [0, 0.05) is 37.7 Å². The van der Waals surface area contributed by atoms with E-state index in [1.54, 1.807) is 31.4 Å². The molecular formula is C29H36N2O5. The van der Waals surface area contributed by atoms with Crippen LogP contribution in [0.5, 0.6) is 11.5 Å². The largest absolute Gasteiger partial charge is 0.497 e. The molecule has 2 amide bonds. The number of piperidine rings is 1. The van der Waals surface area contributed by atoms with Crippen LogP contribution in [-0.4, -0.2) is 67.3 Å². The van der Waals surface area contributed by atoms with E-state index in [1.165, 1.54) is 6.92 Å². The van der Waals surface area contributed by atoms with Crippen LogP contribution in [0.3, 0.4) is 0 Å². The minimum Gasteiger partial charge on any atom is -0.497 e. The summed E-state index contributed by atoms with van der Waals surface area (Å²) in [5, 5.41) is 0. The number of ether oxygens (including phenoxy) is 2. The van der Waals surface area contributed by atoms with Crippen molar-refractivity contribution in [2.45, 2.75) is 45.1 Å². The molecule has 1 saturated carbocycles. The minimum atomic E-state index is -0.0455. The van der Waals surface area contributed by atoms with Crippen molar-refractivity contribution in [3.63, 3.8) is 0 Å². The summed E-state index contributed by atoms with van der Waals surface area (Å²) in [5.41, 5.74) is 1.77. The molecule has 0 unspecified atom stereocenters. The molecule has 1 aliphatic heterocycles. The van der Waals surface area contributed by atoms with Crippen LogP contribution in [0.25, 0.3) is 0 Å². The van der Waals surface area contributed by atoms with Crippen molar-refractivity contribution >= 4 is 17.6 Å². The number of Topliss-reactive ketones (excluding diaryl/α,β-unsaturated/α-hetero) is 1. The van der Waals surface area contributed by atoms with Gasteiger partial charge in [0.25, 0.3) is 5.91 Å². The Labute approximate surface area is 213 Å². The van der Waals surface area contributed by atoms with E-state index < -0.39 is 0 Å². The van der Waals surface area contributed by atoms with E-state index in [1.807, 2.05) is 35.0 Å². The SMILES string of the molecule is COc1cccc(C[C@@H](C2CCN(C(=O)COc3ccc(C(C)=O)cc3)CC2)N(C)C(=O)C2CC2)c1. The highest BCUT2D eigenvalue weighted by atomic mass is 16.5. The molecule has 0 N–H and O–H groups in total. The third kappa shape index (κ3) is 6.45. The average molecular weight is 493 g/mol. The summed E-state index contributed by atoms with van der Waals surface area (Å²) < 4.78 is 11.1. The second kappa shape index (κ2) is 11.6. The highest BCUT2D eigenvalue weighted by Crippen LogP contribution is 2.34. The first-order valence-corrected chi connectivity index (χ1v) is 12.8. The van der Waals surface area contributed by atoms with Crippen LogP contribution in [0, 0.1) is 11.8 Å². The Kier molecular flexibility index (Phi) is 8.28. The number of methoxy groups -OCH3 is 1. The van der Waals surface area contributed by atoms with E-state index in [9.17, 15) is 14.4 Å². The van der Waals surface area contributed by atoms with Gasteiger partial charge < -0.3 is 19.3 Å². The minimum absolute atomic E-state index is 0.00493. The van der Waals surface area contributed by atoms with E-state index in [2.05, 4.69) is 6.07 Å². The molecular weight excluding hydrogens is 456 g/mol. The van der Waals surface area contributed by atoms with Crippen LogP contribution in [0.4, 0.5) is 0 Å². The molecule has 2 aromatic carbocycles. The second-order valence-electron chi connectivity index (χ2n) is 9.93. The topological polar surface area (TPSA) is 76.2 Å². The fraction of sp³-hybridized carbons (Fsp3) is 0.483. The van der Waals surface area contributed by atoms with Crippen molar-refractivity contribution in [3.8, 4) is 11.5 Å². The molecule has 0 spiro atoms. The third-order valence-corrected chi connectivity index (χ3v) is 7.41. The van der Waals surface area contributed by atoms with Gasteiger partial charge in [0.15, 0.2) is 12.4 Å². The van der Waals surface area contributed by atoms with Gasteiger partial charge >= 0.3 is 0 Å². The highest BCUT2D eigenvalue weighted by molar-refractivity contribution is 5.94. The standard InChI is InChI=1S/C29H36N2O5/c1-20(32)22-9-11-25(12-10-22)36-19-28(33)31-15-13-23(14-16-31)27(30(2)29(34)24-7-8-24)18-21-5-4-6-26(17-21)35-3/h4-6,9-12,17,23-24,27H,7-8,13-16,18-19H2,1-3H3/t27-/m0/s1. The Morgan fingerprint density at radius 2 is 1.69 bits per heavy atom. The summed E-state index contributed by atoms with van der Waals surface area (Å²) in [4.78, 5) is 41.0. The number of likely N-dealkylation sites (N-methyl/N-ethyl adjacent to an activating group) is 1. The lowest BCUT2D eigenvalue weighted by Crippen LogP contribution is -2.49. The summed E-state index contributed by atoms with van der Waals surface area (Å²) >= 11 is 0. The first-order valence-electron chi connectivity index (χ1n) is 12.8. The molecule has 2 aromatic rings. The fourth-order valence-electron chi connectivity index (χ4n) is 5.00. The second-order valence-corrected chi connectivity index (χ2v) is 9.93. The first kappa shape index (κ1) is 25.7. The van der Waals surface area contributed by atoms with Crippen molar-refractivity contribution < 1.29 is 23.9 Å². The molecule has 1 saturated heterocycles. The normalized spacial score (nSPS) is 16.8. The van der Waals surface area contributed by atoms with Crippen molar-refractivity contribution in [3.05, 3.63) is 59.7 Å². The molecule has 1 heterocycles. The number of ketones is 1. The Balaban J connectivity index is 1.35. The van der Waals surface area contributed by atoms with Crippen LogP contribution < -0.4 is 9.47 Å². The summed E-state index contributed by atoms with van der Waals surface area (Å²) in [5.74, 6) is 2.07. The lowest BCUT2D eigenvalue weighted by atomic mass is 9.84. The number of rotatable bonds is 10. The Morgan fingerprint density at radius 3 is 2.31 bits per heavy atom. The number of amides is 2. The molecule has 192 valence electrons. The smallest absolute Gasteiger partial charge is 0.260 e. The van der Waals surface area contributed by atoms with Crippen LogP contribution in [-0.2, 0) is 16.0 Å². The summed E-state index contributed by atoms with van der Waals surface area (Å²) in [6.45, 7) is 2.79.